The molecule has 1 aliphatic rings. The van der Waals surface area contributed by atoms with Crippen LogP contribution in [0.4, 0.5) is 10.5 Å². The third-order valence-corrected chi connectivity index (χ3v) is 4.65. The molecule has 6 nitrogen and oxygen atoms in total. The minimum atomic E-state index is -0.230. The molecule has 1 heterocycles. The summed E-state index contributed by atoms with van der Waals surface area (Å²) >= 11 is 0. The maximum Gasteiger partial charge on any atom is 0.319 e. The summed E-state index contributed by atoms with van der Waals surface area (Å²) in [6.45, 7) is 3.21. The van der Waals surface area contributed by atoms with Gasteiger partial charge in [-0.2, -0.15) is 0 Å². The summed E-state index contributed by atoms with van der Waals surface area (Å²) in [5, 5.41) is 5.70. The van der Waals surface area contributed by atoms with Crippen LogP contribution in [0.25, 0.3) is 0 Å². The van der Waals surface area contributed by atoms with Gasteiger partial charge in [0.05, 0.1) is 19.3 Å². The summed E-state index contributed by atoms with van der Waals surface area (Å²) in [7, 11) is 1.66. The second-order valence-electron chi connectivity index (χ2n) is 6.88. The van der Waals surface area contributed by atoms with E-state index in [1.54, 1.807) is 7.11 Å². The molecule has 0 bridgehead atoms. The predicted octanol–water partition coefficient (Wildman–Crippen LogP) is 3.85. The molecule has 2 N–H and O–H groups in total. The van der Waals surface area contributed by atoms with Gasteiger partial charge in [-0.1, -0.05) is 36.4 Å². The highest BCUT2D eigenvalue weighted by Gasteiger charge is 2.13. The molecule has 0 unspecified atom stereocenters. The lowest BCUT2D eigenvalue weighted by molar-refractivity contribution is -0.0390. The number of benzene rings is 2. The molecular formula is C22H28N2O4. The van der Waals surface area contributed by atoms with Crippen LogP contribution >= 0.6 is 0 Å². The quantitative estimate of drug-likeness (QED) is 0.725. The maximum absolute atomic E-state index is 12.1. The fraction of sp³-hybridized carbons (Fsp3) is 0.409. The van der Waals surface area contributed by atoms with Gasteiger partial charge in [-0.15, -0.1) is 0 Å². The molecule has 2 aromatic rings. The number of urea groups is 1. The first-order valence-electron chi connectivity index (χ1n) is 9.63. The summed E-state index contributed by atoms with van der Waals surface area (Å²) in [4.78, 5) is 12.1. The fourth-order valence-corrected chi connectivity index (χ4v) is 3.02. The van der Waals surface area contributed by atoms with Crippen molar-refractivity contribution >= 4 is 11.7 Å². The fourth-order valence-electron chi connectivity index (χ4n) is 3.02. The highest BCUT2D eigenvalue weighted by Crippen LogP contribution is 2.14. The van der Waals surface area contributed by atoms with Gasteiger partial charge in [0.15, 0.2) is 0 Å². The van der Waals surface area contributed by atoms with E-state index in [4.69, 9.17) is 14.2 Å². The van der Waals surface area contributed by atoms with E-state index >= 15 is 0 Å². The zero-order valence-electron chi connectivity index (χ0n) is 16.3. The van der Waals surface area contributed by atoms with Crippen molar-refractivity contribution in [2.45, 2.75) is 38.7 Å². The Morgan fingerprint density at radius 1 is 0.964 bits per heavy atom. The van der Waals surface area contributed by atoms with Crippen LogP contribution in [-0.2, 0) is 34.0 Å². The van der Waals surface area contributed by atoms with E-state index in [1.165, 1.54) is 0 Å². The van der Waals surface area contributed by atoms with Crippen molar-refractivity contribution in [2.75, 3.05) is 25.6 Å². The summed E-state index contributed by atoms with van der Waals surface area (Å²) < 4.78 is 16.3. The molecule has 0 saturated carbocycles. The Balaban J connectivity index is 1.39. The highest BCUT2D eigenvalue weighted by molar-refractivity contribution is 5.89. The van der Waals surface area contributed by atoms with Gasteiger partial charge < -0.3 is 24.8 Å². The van der Waals surface area contributed by atoms with E-state index in [0.717, 1.165) is 48.4 Å². The standard InChI is InChI=1S/C22H28N2O4/c1-26-15-18-6-8-20(9-7-18)24-22(25)23-14-17-2-4-19(5-3-17)16-28-21-10-12-27-13-11-21/h2-9,21H,10-16H2,1H3,(H2,23,24,25). The first-order chi connectivity index (χ1) is 13.7. The molecule has 0 radical (unpaired) electrons. The minimum Gasteiger partial charge on any atom is -0.381 e. The van der Waals surface area contributed by atoms with Crippen molar-refractivity contribution in [3.05, 3.63) is 65.2 Å². The first-order valence-corrected chi connectivity index (χ1v) is 9.63. The Morgan fingerprint density at radius 3 is 2.25 bits per heavy atom. The Hall–Kier alpha value is -2.41. The van der Waals surface area contributed by atoms with E-state index in [1.807, 2.05) is 48.5 Å². The van der Waals surface area contributed by atoms with Crippen molar-refractivity contribution < 1.29 is 19.0 Å². The lowest BCUT2D eigenvalue weighted by Gasteiger charge is -2.22. The average Bonchev–Trinajstić information content (AvgIpc) is 2.74. The molecule has 28 heavy (non-hydrogen) atoms. The molecule has 6 heteroatoms. The number of carbonyl (C=O) groups excluding carboxylic acids is 1. The van der Waals surface area contributed by atoms with Crippen molar-refractivity contribution in [2.24, 2.45) is 0 Å². The molecule has 0 atom stereocenters. The number of nitrogens with one attached hydrogen (secondary N) is 2. The van der Waals surface area contributed by atoms with Gasteiger partial charge >= 0.3 is 6.03 Å². The van der Waals surface area contributed by atoms with Crippen LogP contribution in [0.2, 0.25) is 0 Å². The molecule has 1 saturated heterocycles. The molecule has 0 aliphatic carbocycles. The molecule has 3 rings (SSSR count). The van der Waals surface area contributed by atoms with Gasteiger partial charge in [0.2, 0.25) is 0 Å². The summed E-state index contributed by atoms with van der Waals surface area (Å²) in [6, 6.07) is 15.5. The zero-order valence-corrected chi connectivity index (χ0v) is 16.3. The SMILES string of the molecule is COCc1ccc(NC(=O)NCc2ccc(COC3CCOCC3)cc2)cc1. The molecule has 0 aromatic heterocycles. The van der Waals surface area contributed by atoms with Gasteiger partial charge in [-0.05, 0) is 41.7 Å². The van der Waals surface area contributed by atoms with Crippen LogP contribution in [0.5, 0.6) is 0 Å². The normalized spacial score (nSPS) is 14.6. The van der Waals surface area contributed by atoms with Crippen LogP contribution in [0.3, 0.4) is 0 Å². The van der Waals surface area contributed by atoms with Gasteiger partial charge in [0, 0.05) is 32.6 Å². The van der Waals surface area contributed by atoms with E-state index in [9.17, 15) is 4.79 Å². The third kappa shape index (κ3) is 6.64. The Kier molecular flexibility index (Phi) is 7.84. The molecule has 0 spiro atoms. The Bertz CT molecular complexity index is 725. The van der Waals surface area contributed by atoms with Gasteiger partial charge in [0.25, 0.3) is 0 Å². The summed E-state index contributed by atoms with van der Waals surface area (Å²) in [5.41, 5.74) is 3.99. The van der Waals surface area contributed by atoms with Crippen molar-refractivity contribution in [1.82, 2.24) is 5.32 Å². The zero-order chi connectivity index (χ0) is 19.6. The highest BCUT2D eigenvalue weighted by atomic mass is 16.5. The van der Waals surface area contributed by atoms with Gasteiger partial charge in [0.1, 0.15) is 0 Å². The van der Waals surface area contributed by atoms with Gasteiger partial charge in [-0.25, -0.2) is 4.79 Å². The third-order valence-electron chi connectivity index (χ3n) is 4.65. The number of carbonyl (C=O) groups is 1. The van der Waals surface area contributed by atoms with E-state index in [-0.39, 0.29) is 6.03 Å². The smallest absolute Gasteiger partial charge is 0.319 e. The topological polar surface area (TPSA) is 68.8 Å². The number of amides is 2. The summed E-state index contributed by atoms with van der Waals surface area (Å²) in [6.07, 6.45) is 2.22. The largest absolute Gasteiger partial charge is 0.381 e. The lowest BCUT2D eigenvalue weighted by atomic mass is 10.1. The van der Waals surface area contributed by atoms with Crippen LogP contribution in [-0.4, -0.2) is 32.5 Å². The lowest BCUT2D eigenvalue weighted by Crippen LogP contribution is -2.28. The second kappa shape index (κ2) is 10.8. The average molecular weight is 384 g/mol. The van der Waals surface area contributed by atoms with Crippen LogP contribution < -0.4 is 10.6 Å². The second-order valence-corrected chi connectivity index (χ2v) is 6.88. The number of rotatable bonds is 8. The molecule has 2 amide bonds. The Morgan fingerprint density at radius 2 is 1.57 bits per heavy atom. The first kappa shape index (κ1) is 20.3. The maximum atomic E-state index is 12.1. The molecule has 2 aromatic carbocycles. The number of hydrogen-bond acceptors (Lipinski definition) is 4. The molecule has 1 aliphatic heterocycles. The van der Waals surface area contributed by atoms with Crippen molar-refractivity contribution in [3.63, 3.8) is 0 Å². The number of ether oxygens (including phenoxy) is 3. The Labute approximate surface area is 166 Å². The van der Waals surface area contributed by atoms with Crippen LogP contribution in [0.1, 0.15) is 29.5 Å². The van der Waals surface area contributed by atoms with E-state index in [2.05, 4.69) is 10.6 Å². The molecule has 150 valence electrons. The monoisotopic (exact) mass is 384 g/mol. The summed E-state index contributed by atoms with van der Waals surface area (Å²) in [5.74, 6) is 0. The molecular weight excluding hydrogens is 356 g/mol. The van der Waals surface area contributed by atoms with Crippen LogP contribution in [0.15, 0.2) is 48.5 Å². The van der Waals surface area contributed by atoms with E-state index < -0.39 is 0 Å². The van der Waals surface area contributed by atoms with Crippen molar-refractivity contribution in [1.29, 1.82) is 0 Å². The van der Waals surface area contributed by atoms with Crippen molar-refractivity contribution in [3.8, 4) is 0 Å². The molecule has 1 fully saturated rings. The predicted molar refractivity (Wildman–Crippen MR) is 108 cm³/mol. The van der Waals surface area contributed by atoms with E-state index in [0.29, 0.717) is 25.9 Å². The minimum absolute atomic E-state index is 0.230. The van der Waals surface area contributed by atoms with Crippen LogP contribution in [0, 0.1) is 0 Å². The number of hydrogen-bond donors (Lipinski definition) is 2. The number of anilines is 1. The van der Waals surface area contributed by atoms with Gasteiger partial charge in [-0.3, -0.25) is 0 Å². The number of methoxy groups -OCH3 is 1.